The molecule has 2 aromatic heterocycles. The van der Waals surface area contributed by atoms with Crippen LogP contribution in [0.2, 0.25) is 0 Å². The van der Waals surface area contributed by atoms with Gasteiger partial charge in [-0.25, -0.2) is 14.3 Å². The van der Waals surface area contributed by atoms with Crippen LogP contribution < -0.4 is 11.2 Å². The third-order valence-electron chi connectivity index (χ3n) is 1.55. The molecule has 0 radical (unpaired) electrons. The number of H-pyrrole nitrogens is 2. The van der Waals surface area contributed by atoms with E-state index in [9.17, 15) is 9.59 Å². The highest BCUT2D eigenvalue weighted by atomic mass is 16.2. The summed E-state index contributed by atoms with van der Waals surface area (Å²) in [6.07, 6.45) is 2.90. The molecule has 2 aromatic rings. The third kappa shape index (κ3) is 0.927. The summed E-state index contributed by atoms with van der Waals surface area (Å²) < 4.78 is 1.01. The minimum atomic E-state index is -0.658. The second-order valence-electron chi connectivity index (χ2n) is 2.32. The molecule has 0 aromatic carbocycles. The van der Waals surface area contributed by atoms with E-state index in [1.54, 1.807) is 6.19 Å². The highest BCUT2D eigenvalue weighted by Crippen LogP contribution is 1.99. The van der Waals surface area contributed by atoms with Crippen molar-refractivity contribution in [3.8, 4) is 6.19 Å². The van der Waals surface area contributed by atoms with E-state index in [-0.39, 0.29) is 11.2 Å². The molecule has 0 aliphatic rings. The van der Waals surface area contributed by atoms with Crippen molar-refractivity contribution in [3.63, 3.8) is 0 Å². The predicted molar refractivity (Wildman–Crippen MR) is 42.0 cm³/mol. The Labute approximate surface area is 70.3 Å². The Kier molecular flexibility index (Phi) is 1.30. The fourth-order valence-electron chi connectivity index (χ4n) is 1.01. The fraction of sp³-hybridized carbons (Fsp3) is 0. The molecule has 7 heteroatoms. The lowest BCUT2D eigenvalue weighted by molar-refractivity contribution is 1.03. The van der Waals surface area contributed by atoms with E-state index in [0.717, 1.165) is 10.9 Å². The van der Waals surface area contributed by atoms with Gasteiger partial charge in [0.05, 0.1) is 0 Å². The standard InChI is InChI=1S/C6H3N5O2/c7-1-11-2-8-3-4(11)9-6(13)10-5(3)12/h2H,(H2,9,10,12,13). The molecule has 0 amide bonds. The van der Waals surface area contributed by atoms with Crippen LogP contribution in [0.1, 0.15) is 0 Å². The quantitative estimate of drug-likeness (QED) is 0.523. The monoisotopic (exact) mass is 177 g/mol. The van der Waals surface area contributed by atoms with Gasteiger partial charge in [0.25, 0.3) is 5.56 Å². The molecule has 2 rings (SSSR count). The van der Waals surface area contributed by atoms with E-state index in [1.807, 2.05) is 4.98 Å². The predicted octanol–water partition coefficient (Wildman–Crippen LogP) is -1.26. The molecule has 0 atom stereocenters. The van der Waals surface area contributed by atoms with E-state index in [4.69, 9.17) is 5.26 Å². The van der Waals surface area contributed by atoms with Gasteiger partial charge in [-0.15, -0.1) is 0 Å². The number of aromatic nitrogens is 4. The van der Waals surface area contributed by atoms with Crippen molar-refractivity contribution < 1.29 is 0 Å². The van der Waals surface area contributed by atoms with Gasteiger partial charge in [0, 0.05) is 0 Å². The summed E-state index contributed by atoms with van der Waals surface area (Å²) in [6, 6.07) is 0. The molecule has 2 N–H and O–H groups in total. The molecule has 2 heterocycles. The molecule has 0 spiro atoms. The van der Waals surface area contributed by atoms with Gasteiger partial charge in [-0.1, -0.05) is 0 Å². The maximum Gasteiger partial charge on any atom is 0.327 e. The van der Waals surface area contributed by atoms with Crippen LogP contribution in [-0.2, 0) is 0 Å². The van der Waals surface area contributed by atoms with Crippen LogP contribution in [0.15, 0.2) is 15.9 Å². The number of aromatic amines is 2. The minimum absolute atomic E-state index is 0.0427. The van der Waals surface area contributed by atoms with Gasteiger partial charge in [-0.05, 0) is 0 Å². The first-order valence-electron chi connectivity index (χ1n) is 3.32. The normalized spacial score (nSPS) is 10.1. The number of hydrogen-bond donors (Lipinski definition) is 2. The number of nitrogens with zero attached hydrogens (tertiary/aromatic N) is 3. The number of imidazole rings is 1. The molecular formula is C6H3N5O2. The molecule has 0 fully saturated rings. The average molecular weight is 177 g/mol. The Morgan fingerprint density at radius 1 is 1.46 bits per heavy atom. The number of hydrogen-bond acceptors (Lipinski definition) is 4. The van der Waals surface area contributed by atoms with Crippen molar-refractivity contribution in [2.24, 2.45) is 0 Å². The summed E-state index contributed by atoms with van der Waals surface area (Å²) in [5.74, 6) is 0. The van der Waals surface area contributed by atoms with E-state index in [0.29, 0.717) is 0 Å². The van der Waals surface area contributed by atoms with Crippen LogP contribution in [0.3, 0.4) is 0 Å². The smallest absolute Gasteiger partial charge is 0.291 e. The average Bonchev–Trinajstić information content (AvgIpc) is 2.47. The molecule has 13 heavy (non-hydrogen) atoms. The topological polar surface area (TPSA) is 107 Å². The Balaban J connectivity index is 3.09. The molecule has 0 saturated carbocycles. The summed E-state index contributed by atoms with van der Waals surface area (Å²) in [6.45, 7) is 0. The van der Waals surface area contributed by atoms with Crippen molar-refractivity contribution in [1.29, 1.82) is 5.26 Å². The second kappa shape index (κ2) is 2.31. The number of fused-ring (bicyclic) bond motifs is 1. The van der Waals surface area contributed by atoms with E-state index >= 15 is 0 Å². The van der Waals surface area contributed by atoms with Crippen molar-refractivity contribution in [2.75, 3.05) is 0 Å². The van der Waals surface area contributed by atoms with Crippen LogP contribution >= 0.6 is 0 Å². The summed E-state index contributed by atoms with van der Waals surface area (Å²) in [7, 11) is 0. The maximum absolute atomic E-state index is 11.1. The van der Waals surface area contributed by atoms with Gasteiger partial charge in [0.15, 0.2) is 17.4 Å². The third-order valence-corrected chi connectivity index (χ3v) is 1.55. The lowest BCUT2D eigenvalue weighted by atomic mass is 10.5. The van der Waals surface area contributed by atoms with Gasteiger partial charge in [0.2, 0.25) is 0 Å². The Morgan fingerprint density at radius 2 is 2.23 bits per heavy atom. The van der Waals surface area contributed by atoms with Gasteiger partial charge < -0.3 is 0 Å². The van der Waals surface area contributed by atoms with E-state index in [2.05, 4.69) is 9.97 Å². The number of nitrogens with one attached hydrogen (secondary N) is 2. The molecule has 7 nitrogen and oxygen atoms in total. The molecule has 0 aliphatic carbocycles. The summed E-state index contributed by atoms with van der Waals surface area (Å²) >= 11 is 0. The minimum Gasteiger partial charge on any atom is -0.291 e. The van der Waals surface area contributed by atoms with Crippen LogP contribution in [0, 0.1) is 11.5 Å². The zero-order valence-corrected chi connectivity index (χ0v) is 6.24. The summed E-state index contributed by atoms with van der Waals surface area (Å²) in [5, 5.41) is 8.54. The summed E-state index contributed by atoms with van der Waals surface area (Å²) in [4.78, 5) is 29.8. The Bertz CT molecular complexity index is 610. The van der Waals surface area contributed by atoms with Crippen LogP contribution in [0.4, 0.5) is 0 Å². The van der Waals surface area contributed by atoms with Gasteiger partial charge in [-0.2, -0.15) is 5.26 Å². The molecule has 0 saturated heterocycles. The van der Waals surface area contributed by atoms with Crippen molar-refractivity contribution >= 4 is 11.2 Å². The highest BCUT2D eigenvalue weighted by molar-refractivity contribution is 5.69. The van der Waals surface area contributed by atoms with Crippen molar-refractivity contribution in [1.82, 2.24) is 19.5 Å². The van der Waals surface area contributed by atoms with E-state index in [1.165, 1.54) is 0 Å². The zero-order chi connectivity index (χ0) is 9.42. The largest absolute Gasteiger partial charge is 0.327 e. The molecule has 0 aliphatic heterocycles. The highest BCUT2D eigenvalue weighted by Gasteiger charge is 2.06. The van der Waals surface area contributed by atoms with E-state index < -0.39 is 11.2 Å². The van der Waals surface area contributed by atoms with Gasteiger partial charge >= 0.3 is 5.69 Å². The fourth-order valence-corrected chi connectivity index (χ4v) is 1.01. The maximum atomic E-state index is 11.1. The second-order valence-corrected chi connectivity index (χ2v) is 2.32. The number of rotatable bonds is 0. The SMILES string of the molecule is N#Cn1cnc2c(=O)[nH]c(=O)[nH]c21. The molecule has 0 bridgehead atoms. The van der Waals surface area contributed by atoms with Crippen molar-refractivity contribution in [3.05, 3.63) is 27.2 Å². The first-order chi connectivity index (χ1) is 6.22. The lowest BCUT2D eigenvalue weighted by Crippen LogP contribution is -2.22. The Morgan fingerprint density at radius 3 is 2.92 bits per heavy atom. The first kappa shape index (κ1) is 7.30. The van der Waals surface area contributed by atoms with Gasteiger partial charge in [0.1, 0.15) is 6.33 Å². The zero-order valence-electron chi connectivity index (χ0n) is 6.24. The molecule has 64 valence electrons. The van der Waals surface area contributed by atoms with Crippen molar-refractivity contribution in [2.45, 2.75) is 0 Å². The summed E-state index contributed by atoms with van der Waals surface area (Å²) in [5.41, 5.74) is -1.11. The lowest BCUT2D eigenvalue weighted by Gasteiger charge is -1.88. The van der Waals surface area contributed by atoms with Crippen LogP contribution in [0.25, 0.3) is 11.2 Å². The molecule has 0 unspecified atom stereocenters. The molecular weight excluding hydrogens is 174 g/mol. The Hall–Kier alpha value is -2.36. The number of nitriles is 1. The van der Waals surface area contributed by atoms with Crippen LogP contribution in [0.5, 0.6) is 0 Å². The van der Waals surface area contributed by atoms with Crippen LogP contribution in [-0.4, -0.2) is 19.5 Å². The first-order valence-corrected chi connectivity index (χ1v) is 3.32. The van der Waals surface area contributed by atoms with Gasteiger partial charge in [-0.3, -0.25) is 14.8 Å².